The molecule has 28 heavy (non-hydrogen) atoms. The Labute approximate surface area is 181 Å². The number of anilines is 1. The highest BCUT2D eigenvalue weighted by Gasteiger charge is 2.30. The van der Waals surface area contributed by atoms with Crippen LogP contribution in [0.5, 0.6) is 0 Å². The van der Waals surface area contributed by atoms with Gasteiger partial charge in [0.05, 0.1) is 27.9 Å². The van der Waals surface area contributed by atoms with E-state index >= 15 is 0 Å². The number of halogens is 2. The molecule has 1 amide bonds. The molecule has 0 saturated carbocycles. The molecule has 158 valence electrons. The zero-order valence-corrected chi connectivity index (χ0v) is 19.6. The first-order valence-electron chi connectivity index (χ1n) is 8.42. The van der Waals surface area contributed by atoms with Gasteiger partial charge in [0.15, 0.2) is 9.84 Å². The number of likely N-dealkylation sites (N-methyl/N-ethyl adjacent to an activating group) is 1. The van der Waals surface area contributed by atoms with Crippen molar-refractivity contribution in [3.8, 4) is 0 Å². The number of amides is 1. The molecule has 0 bridgehead atoms. The summed E-state index contributed by atoms with van der Waals surface area (Å²) in [5, 5.41) is 21.7. The second-order valence-corrected chi connectivity index (χ2v) is 9.65. The molecule has 0 spiro atoms. The number of sulfone groups is 1. The molecule has 1 N–H and O–H groups in total. The van der Waals surface area contributed by atoms with Crippen molar-refractivity contribution >= 4 is 59.0 Å². The summed E-state index contributed by atoms with van der Waals surface area (Å²) in [4.78, 5) is 26.2. The van der Waals surface area contributed by atoms with Gasteiger partial charge in [0.1, 0.15) is 5.56 Å². The Kier molecular flexibility index (Phi) is 9.81. The van der Waals surface area contributed by atoms with Crippen LogP contribution < -0.4 is 4.90 Å². The van der Waals surface area contributed by atoms with Crippen LogP contribution in [0.1, 0.15) is 17.3 Å². The SMILES string of the molecule is CCS(=O)(=O)c1cc([N+](=O)[O-])c(C(=O)N(C)CCO)cc1N(CCBr)CCBr. The molecule has 12 heteroatoms. The fraction of sp³-hybridized carbons (Fsp3) is 0.562. The van der Waals surface area contributed by atoms with Crippen LogP contribution >= 0.6 is 31.9 Å². The summed E-state index contributed by atoms with van der Waals surface area (Å²) in [7, 11) is -2.37. The van der Waals surface area contributed by atoms with E-state index in [-0.39, 0.29) is 35.1 Å². The van der Waals surface area contributed by atoms with E-state index in [2.05, 4.69) is 31.9 Å². The lowest BCUT2D eigenvalue weighted by Gasteiger charge is -2.26. The molecule has 0 unspecified atom stereocenters. The largest absolute Gasteiger partial charge is 0.395 e. The highest BCUT2D eigenvalue weighted by Crippen LogP contribution is 2.34. The van der Waals surface area contributed by atoms with Crippen LogP contribution in [0.25, 0.3) is 0 Å². The van der Waals surface area contributed by atoms with Crippen molar-refractivity contribution < 1.29 is 23.2 Å². The Morgan fingerprint density at radius 2 is 1.79 bits per heavy atom. The molecule has 0 saturated heterocycles. The van der Waals surface area contributed by atoms with Crippen LogP contribution in [0, 0.1) is 10.1 Å². The number of carbonyl (C=O) groups excluding carboxylic acids is 1. The highest BCUT2D eigenvalue weighted by atomic mass is 79.9. The quantitative estimate of drug-likeness (QED) is 0.257. The van der Waals surface area contributed by atoms with Crippen molar-refractivity contribution in [1.29, 1.82) is 0 Å². The van der Waals surface area contributed by atoms with E-state index < -0.39 is 26.4 Å². The van der Waals surface area contributed by atoms with Crippen molar-refractivity contribution in [2.24, 2.45) is 0 Å². The maximum atomic E-state index is 12.7. The van der Waals surface area contributed by atoms with Crippen molar-refractivity contribution in [2.45, 2.75) is 11.8 Å². The van der Waals surface area contributed by atoms with Crippen LogP contribution in [0.3, 0.4) is 0 Å². The van der Waals surface area contributed by atoms with Gasteiger partial charge < -0.3 is 14.9 Å². The average Bonchev–Trinajstić information content (AvgIpc) is 2.66. The number of aliphatic hydroxyl groups excluding tert-OH is 1. The van der Waals surface area contributed by atoms with Crippen molar-refractivity contribution in [3.63, 3.8) is 0 Å². The molecule has 9 nitrogen and oxygen atoms in total. The second kappa shape index (κ2) is 11.1. The molecule has 0 atom stereocenters. The van der Waals surface area contributed by atoms with Crippen LogP contribution in [0.15, 0.2) is 17.0 Å². The van der Waals surface area contributed by atoms with E-state index in [1.165, 1.54) is 20.0 Å². The molecule has 0 aromatic heterocycles. The summed E-state index contributed by atoms with van der Waals surface area (Å²) in [5.41, 5.74) is -0.560. The van der Waals surface area contributed by atoms with Crippen molar-refractivity contribution in [3.05, 3.63) is 27.8 Å². The van der Waals surface area contributed by atoms with Crippen molar-refractivity contribution in [2.75, 3.05) is 54.6 Å². The molecule has 0 fully saturated rings. The number of nitro groups is 1. The smallest absolute Gasteiger partial charge is 0.283 e. The van der Waals surface area contributed by atoms with E-state index in [1.807, 2.05) is 0 Å². The first-order valence-corrected chi connectivity index (χ1v) is 12.3. The van der Waals surface area contributed by atoms with E-state index in [1.54, 1.807) is 4.90 Å². The van der Waals surface area contributed by atoms with Gasteiger partial charge >= 0.3 is 0 Å². The summed E-state index contributed by atoms with van der Waals surface area (Å²) >= 11 is 6.64. The standard InChI is InChI=1S/C16H23Br2N3O6S/c1-3-28(26,27)15-11-13(21(24)25)12(16(23)19(2)8-9-22)10-14(15)20(6-4-17)7-5-18/h10-11,22H,3-9H2,1-2H3. The van der Waals surface area contributed by atoms with Gasteiger partial charge in [-0.05, 0) is 6.07 Å². The van der Waals surface area contributed by atoms with Gasteiger partial charge in [0, 0.05) is 43.4 Å². The van der Waals surface area contributed by atoms with Crippen LogP contribution in [0.2, 0.25) is 0 Å². The lowest BCUT2D eigenvalue weighted by Crippen LogP contribution is -2.32. The van der Waals surface area contributed by atoms with Crippen LogP contribution in [0.4, 0.5) is 11.4 Å². The predicted molar refractivity (Wildman–Crippen MR) is 115 cm³/mol. The average molecular weight is 545 g/mol. The van der Waals surface area contributed by atoms with Gasteiger partial charge in [-0.3, -0.25) is 14.9 Å². The van der Waals surface area contributed by atoms with Gasteiger partial charge in [-0.15, -0.1) is 0 Å². The minimum absolute atomic E-state index is 0.00710. The maximum Gasteiger partial charge on any atom is 0.283 e. The lowest BCUT2D eigenvalue weighted by atomic mass is 10.1. The molecule has 0 heterocycles. The minimum Gasteiger partial charge on any atom is -0.395 e. The Morgan fingerprint density at radius 1 is 1.21 bits per heavy atom. The predicted octanol–water partition coefficient (Wildman–Crippen LogP) is 2.05. The third kappa shape index (κ3) is 5.88. The first kappa shape index (κ1) is 24.8. The Bertz CT molecular complexity index is 813. The first-order chi connectivity index (χ1) is 13.1. The van der Waals surface area contributed by atoms with Crippen molar-refractivity contribution in [1.82, 2.24) is 4.90 Å². The number of aliphatic hydroxyl groups is 1. The van der Waals surface area contributed by atoms with Gasteiger partial charge in [0.25, 0.3) is 11.6 Å². The molecule has 1 rings (SSSR count). The third-order valence-electron chi connectivity index (χ3n) is 4.05. The fourth-order valence-corrected chi connectivity index (χ4v) is 4.51. The summed E-state index contributed by atoms with van der Waals surface area (Å²) in [6.07, 6.45) is 0. The number of hydrogen-bond acceptors (Lipinski definition) is 7. The van der Waals surface area contributed by atoms with Gasteiger partial charge in [-0.2, -0.15) is 0 Å². The molecule has 0 aliphatic carbocycles. The number of carbonyl (C=O) groups is 1. The van der Waals surface area contributed by atoms with Gasteiger partial charge in [-0.25, -0.2) is 8.42 Å². The summed E-state index contributed by atoms with van der Waals surface area (Å²) in [6.45, 7) is 2.03. The lowest BCUT2D eigenvalue weighted by molar-refractivity contribution is -0.385. The zero-order chi connectivity index (χ0) is 21.5. The van der Waals surface area contributed by atoms with E-state index in [0.29, 0.717) is 23.7 Å². The number of rotatable bonds is 11. The minimum atomic E-state index is -3.78. The maximum absolute atomic E-state index is 12.7. The molecule has 1 aromatic carbocycles. The van der Waals surface area contributed by atoms with E-state index in [9.17, 15) is 23.3 Å². The zero-order valence-electron chi connectivity index (χ0n) is 15.6. The normalized spacial score (nSPS) is 11.3. The van der Waals surface area contributed by atoms with E-state index in [4.69, 9.17) is 5.11 Å². The molecular weight excluding hydrogens is 522 g/mol. The highest BCUT2D eigenvalue weighted by molar-refractivity contribution is 9.09. The topological polar surface area (TPSA) is 121 Å². The number of benzene rings is 1. The number of nitro benzene ring substituents is 1. The number of hydrogen-bond donors (Lipinski definition) is 1. The molecule has 0 aliphatic rings. The monoisotopic (exact) mass is 543 g/mol. The third-order valence-corrected chi connectivity index (χ3v) is 6.52. The van der Waals surface area contributed by atoms with Crippen LogP contribution in [-0.4, -0.2) is 79.0 Å². The number of alkyl halides is 2. The molecule has 1 aromatic rings. The molecular formula is C16H23Br2N3O6S. The fourth-order valence-electron chi connectivity index (χ4n) is 2.55. The van der Waals surface area contributed by atoms with Gasteiger partial charge in [0.2, 0.25) is 0 Å². The summed E-state index contributed by atoms with van der Waals surface area (Å²) in [6, 6.07) is 2.23. The molecule has 0 aliphatic heterocycles. The van der Waals surface area contributed by atoms with Crippen LogP contribution in [-0.2, 0) is 9.84 Å². The van der Waals surface area contributed by atoms with Gasteiger partial charge in [-0.1, -0.05) is 38.8 Å². The Balaban J connectivity index is 3.81. The summed E-state index contributed by atoms with van der Waals surface area (Å²) in [5.74, 6) is -0.897. The Morgan fingerprint density at radius 3 is 2.21 bits per heavy atom. The Hall–Kier alpha value is -1.24. The second-order valence-electron chi connectivity index (χ2n) is 5.81. The number of nitrogens with zero attached hydrogens (tertiary/aromatic N) is 3. The summed E-state index contributed by atoms with van der Waals surface area (Å²) < 4.78 is 25.3. The van der Waals surface area contributed by atoms with E-state index in [0.717, 1.165) is 11.0 Å². The molecule has 0 radical (unpaired) electrons.